The van der Waals surface area contributed by atoms with E-state index in [1.165, 1.54) is 21.3 Å². The number of hydrogen-bond acceptors (Lipinski definition) is 10. The quantitative estimate of drug-likeness (QED) is 0.380. The SMILES string of the molecule is COc1ccc(NC2=C(C)C(=O)C3=C(C2=O)C(COC(N)=O)C2(OC)C4NC4CN32)cc1OC. The topological polar surface area (TPSA) is 151 Å². The van der Waals surface area contributed by atoms with Gasteiger partial charge < -0.3 is 40.2 Å². The molecule has 0 radical (unpaired) electrons. The number of allylic oxidation sites excluding steroid dienone is 2. The molecule has 4 N–H and O–H groups in total. The highest BCUT2D eigenvalue weighted by Gasteiger charge is 2.72. The maximum atomic E-state index is 13.8. The molecule has 0 saturated carbocycles. The van der Waals surface area contributed by atoms with Crippen LogP contribution in [0.5, 0.6) is 11.5 Å². The van der Waals surface area contributed by atoms with E-state index in [0.29, 0.717) is 29.4 Å². The molecule has 2 saturated heterocycles. The number of primary amides is 1. The summed E-state index contributed by atoms with van der Waals surface area (Å²) in [7, 11) is 4.57. The number of nitrogens with two attached hydrogens (primary N) is 1. The zero-order valence-corrected chi connectivity index (χ0v) is 19.3. The summed E-state index contributed by atoms with van der Waals surface area (Å²) in [5.41, 5.74) is 5.75. The molecule has 3 aliphatic heterocycles. The van der Waals surface area contributed by atoms with Crippen molar-refractivity contribution in [2.45, 2.75) is 24.7 Å². The van der Waals surface area contributed by atoms with Gasteiger partial charge in [-0.1, -0.05) is 0 Å². The lowest BCUT2D eigenvalue weighted by atomic mass is 9.82. The van der Waals surface area contributed by atoms with Gasteiger partial charge in [0.1, 0.15) is 6.61 Å². The van der Waals surface area contributed by atoms with Crippen LogP contribution in [0.1, 0.15) is 6.92 Å². The predicted molar refractivity (Wildman–Crippen MR) is 119 cm³/mol. The molecule has 4 atom stereocenters. The van der Waals surface area contributed by atoms with Crippen molar-refractivity contribution in [2.75, 3.05) is 39.8 Å². The summed E-state index contributed by atoms with van der Waals surface area (Å²) in [6.45, 7) is 1.93. The van der Waals surface area contributed by atoms with Crippen molar-refractivity contribution < 1.29 is 33.3 Å². The van der Waals surface area contributed by atoms with E-state index in [1.54, 1.807) is 25.1 Å². The van der Waals surface area contributed by atoms with Crippen LogP contribution in [0.2, 0.25) is 0 Å². The van der Waals surface area contributed by atoms with Gasteiger partial charge in [-0.25, -0.2) is 4.79 Å². The predicted octanol–water partition coefficient (Wildman–Crippen LogP) is 0.519. The van der Waals surface area contributed by atoms with Crippen LogP contribution in [0.25, 0.3) is 0 Å². The number of ether oxygens (including phenoxy) is 4. The molecule has 5 rings (SSSR count). The number of methoxy groups -OCH3 is 3. The molecule has 3 heterocycles. The Kier molecular flexibility index (Phi) is 5.06. The van der Waals surface area contributed by atoms with Gasteiger partial charge in [-0.05, 0) is 19.1 Å². The number of carbonyl (C=O) groups is 3. The van der Waals surface area contributed by atoms with Crippen molar-refractivity contribution in [1.29, 1.82) is 0 Å². The summed E-state index contributed by atoms with van der Waals surface area (Å²) in [4.78, 5) is 40.7. The van der Waals surface area contributed by atoms with Crippen LogP contribution in [0.15, 0.2) is 40.7 Å². The highest BCUT2D eigenvalue weighted by atomic mass is 16.6. The molecule has 0 bridgehead atoms. The van der Waals surface area contributed by atoms with E-state index in [1.807, 2.05) is 4.90 Å². The van der Waals surface area contributed by atoms with Gasteiger partial charge >= 0.3 is 6.09 Å². The maximum absolute atomic E-state index is 13.8. The van der Waals surface area contributed by atoms with E-state index >= 15 is 0 Å². The van der Waals surface area contributed by atoms with Crippen LogP contribution in [0.4, 0.5) is 10.5 Å². The summed E-state index contributed by atoms with van der Waals surface area (Å²) in [6.07, 6.45) is -0.963. The highest BCUT2D eigenvalue weighted by molar-refractivity contribution is 6.26. The summed E-state index contributed by atoms with van der Waals surface area (Å²) >= 11 is 0. The number of nitrogens with zero attached hydrogens (tertiary/aromatic N) is 1. The fraction of sp³-hybridized carbons (Fsp3) is 0.435. The van der Waals surface area contributed by atoms with E-state index in [2.05, 4.69) is 10.6 Å². The van der Waals surface area contributed by atoms with Gasteiger partial charge in [-0.2, -0.15) is 0 Å². The van der Waals surface area contributed by atoms with Gasteiger partial charge in [0.15, 0.2) is 17.2 Å². The molecule has 1 aliphatic carbocycles. The number of hydrogen-bond donors (Lipinski definition) is 3. The molecule has 1 amide bonds. The van der Waals surface area contributed by atoms with Gasteiger partial charge in [-0.3, -0.25) is 9.59 Å². The molecule has 1 aromatic rings. The third-order valence-electron chi connectivity index (χ3n) is 7.08. The average molecular weight is 470 g/mol. The first-order chi connectivity index (χ1) is 16.3. The number of piperazine rings is 1. The van der Waals surface area contributed by atoms with Crippen LogP contribution in [-0.2, 0) is 19.1 Å². The largest absolute Gasteiger partial charge is 0.493 e. The lowest BCUT2D eigenvalue weighted by Gasteiger charge is -2.39. The highest BCUT2D eigenvalue weighted by Crippen LogP contribution is 2.55. The summed E-state index contributed by atoms with van der Waals surface area (Å²) in [6, 6.07) is 5.12. The van der Waals surface area contributed by atoms with Gasteiger partial charge in [0.25, 0.3) is 0 Å². The molecule has 0 spiro atoms. The van der Waals surface area contributed by atoms with Crippen LogP contribution in [-0.4, -0.2) is 74.8 Å². The zero-order valence-electron chi connectivity index (χ0n) is 19.3. The van der Waals surface area contributed by atoms with Gasteiger partial charge in [0.2, 0.25) is 11.6 Å². The Morgan fingerprint density at radius 3 is 2.59 bits per heavy atom. The number of amides is 1. The molecular weight excluding hydrogens is 444 g/mol. The minimum Gasteiger partial charge on any atom is -0.493 e. The lowest BCUT2D eigenvalue weighted by Crippen LogP contribution is -2.55. The first kappa shape index (κ1) is 22.2. The third kappa shape index (κ3) is 2.93. The van der Waals surface area contributed by atoms with E-state index in [9.17, 15) is 14.4 Å². The van der Waals surface area contributed by atoms with E-state index in [4.69, 9.17) is 24.7 Å². The summed E-state index contributed by atoms with van der Waals surface area (Å²) in [5, 5.41) is 6.42. The minimum atomic E-state index is -1.02. The van der Waals surface area contributed by atoms with Crippen molar-refractivity contribution in [2.24, 2.45) is 11.7 Å². The second-order valence-electron chi connectivity index (χ2n) is 8.62. The number of nitrogens with one attached hydrogen (secondary N) is 2. The maximum Gasteiger partial charge on any atom is 0.404 e. The van der Waals surface area contributed by atoms with Crippen LogP contribution < -0.4 is 25.8 Å². The Bertz CT molecular complexity index is 1180. The number of anilines is 1. The standard InChI is InChI=1S/C23H26N4O7/c1-10-17(25-11-5-6-14(31-2)15(7-11)32-3)20(29)16-12(9-34-22(24)30)23(33-4)21-13(26-21)8-27(23)18(16)19(10)28/h5-7,12-13,21,25-26H,8-9H2,1-4H3,(H2,24,30). The number of rotatable bonds is 7. The molecule has 4 aliphatic rings. The minimum absolute atomic E-state index is 0.104. The van der Waals surface area contributed by atoms with E-state index < -0.39 is 17.7 Å². The molecule has 34 heavy (non-hydrogen) atoms. The zero-order chi connectivity index (χ0) is 24.4. The Labute approximate surface area is 195 Å². The Morgan fingerprint density at radius 1 is 1.21 bits per heavy atom. The Hall–Kier alpha value is -3.57. The van der Waals surface area contributed by atoms with E-state index in [-0.39, 0.29) is 47.1 Å². The Balaban J connectivity index is 1.54. The van der Waals surface area contributed by atoms with Crippen LogP contribution in [0, 0.1) is 5.92 Å². The first-order valence-corrected chi connectivity index (χ1v) is 10.8. The van der Waals surface area contributed by atoms with Crippen molar-refractivity contribution in [3.63, 3.8) is 0 Å². The van der Waals surface area contributed by atoms with Crippen molar-refractivity contribution in [3.8, 4) is 11.5 Å². The molecule has 11 heteroatoms. The average Bonchev–Trinajstić information content (AvgIpc) is 3.44. The summed E-state index contributed by atoms with van der Waals surface area (Å²) < 4.78 is 21.7. The van der Waals surface area contributed by atoms with Crippen molar-refractivity contribution in [3.05, 3.63) is 40.7 Å². The second kappa shape index (κ2) is 7.74. The van der Waals surface area contributed by atoms with Gasteiger partial charge in [-0.15, -0.1) is 0 Å². The molecule has 1 aromatic carbocycles. The molecule has 4 unspecified atom stereocenters. The fourth-order valence-electron chi connectivity index (χ4n) is 5.50. The molecular formula is C23H26N4O7. The van der Waals surface area contributed by atoms with Gasteiger partial charge in [0.05, 0.1) is 37.6 Å². The molecule has 0 aromatic heterocycles. The van der Waals surface area contributed by atoms with Crippen molar-refractivity contribution in [1.82, 2.24) is 10.2 Å². The number of Topliss-reactive ketones (excluding diaryl/α,β-unsaturated/α-hetero) is 2. The fourth-order valence-corrected chi connectivity index (χ4v) is 5.50. The Morgan fingerprint density at radius 2 is 1.94 bits per heavy atom. The number of fused-ring (bicyclic) bond motifs is 4. The normalized spacial score (nSPS) is 29.1. The molecule has 180 valence electrons. The number of carbonyl (C=O) groups excluding carboxylic acids is 3. The summed E-state index contributed by atoms with van der Waals surface area (Å²) in [5.74, 6) is -0.330. The van der Waals surface area contributed by atoms with Crippen LogP contribution in [0.3, 0.4) is 0 Å². The van der Waals surface area contributed by atoms with Crippen molar-refractivity contribution >= 4 is 23.3 Å². The monoisotopic (exact) mass is 470 g/mol. The van der Waals surface area contributed by atoms with E-state index in [0.717, 1.165) is 0 Å². The molecule has 11 nitrogen and oxygen atoms in total. The van der Waals surface area contributed by atoms with Crippen LogP contribution >= 0.6 is 0 Å². The number of ketones is 2. The number of benzene rings is 1. The molecule has 2 fully saturated rings. The smallest absolute Gasteiger partial charge is 0.404 e. The third-order valence-corrected chi connectivity index (χ3v) is 7.08. The first-order valence-electron chi connectivity index (χ1n) is 10.8. The van der Waals surface area contributed by atoms with Gasteiger partial charge in [0, 0.05) is 42.6 Å². The second-order valence-corrected chi connectivity index (χ2v) is 8.62. The lowest BCUT2D eigenvalue weighted by molar-refractivity contribution is -0.137.